The molecule has 0 N–H and O–H groups in total. The molecule has 2 atom stereocenters. The Morgan fingerprint density at radius 3 is 2.50 bits per heavy atom. The molecule has 0 aromatic heterocycles. The second kappa shape index (κ2) is 4.39. The summed E-state index contributed by atoms with van der Waals surface area (Å²) in [5.41, 5.74) is 0.673. The SMILES string of the molecule is C[C@@H]1OC(=O)[C@@H](c2ccccc2)C2(CCCC2)O1. The zero-order chi connectivity index (χ0) is 12.6. The van der Waals surface area contributed by atoms with Crippen molar-refractivity contribution in [1.82, 2.24) is 0 Å². The van der Waals surface area contributed by atoms with Gasteiger partial charge in [0.15, 0.2) is 0 Å². The number of benzene rings is 1. The first kappa shape index (κ1) is 11.7. The summed E-state index contributed by atoms with van der Waals surface area (Å²) in [5.74, 6) is -0.403. The molecular formula is C15H18O3. The fourth-order valence-corrected chi connectivity index (χ4v) is 3.33. The lowest BCUT2D eigenvalue weighted by molar-refractivity contribution is -0.245. The second-order valence-corrected chi connectivity index (χ2v) is 5.24. The van der Waals surface area contributed by atoms with Crippen molar-refractivity contribution in [2.75, 3.05) is 0 Å². The molecule has 1 saturated heterocycles. The van der Waals surface area contributed by atoms with E-state index in [2.05, 4.69) is 0 Å². The first-order valence-corrected chi connectivity index (χ1v) is 6.64. The Balaban J connectivity index is 2.00. The van der Waals surface area contributed by atoms with E-state index >= 15 is 0 Å². The molecule has 96 valence electrons. The van der Waals surface area contributed by atoms with Crippen molar-refractivity contribution in [3.8, 4) is 0 Å². The van der Waals surface area contributed by atoms with Crippen LogP contribution in [-0.4, -0.2) is 17.9 Å². The van der Waals surface area contributed by atoms with Gasteiger partial charge in [-0.1, -0.05) is 43.2 Å². The van der Waals surface area contributed by atoms with Gasteiger partial charge in [0.1, 0.15) is 5.92 Å². The lowest BCUT2D eigenvalue weighted by Gasteiger charge is -2.42. The van der Waals surface area contributed by atoms with Crippen LogP contribution in [0.4, 0.5) is 0 Å². The lowest BCUT2D eigenvalue weighted by atomic mass is 9.80. The highest BCUT2D eigenvalue weighted by Gasteiger charge is 2.52. The Hall–Kier alpha value is -1.35. The van der Waals surface area contributed by atoms with Gasteiger partial charge in [-0.15, -0.1) is 0 Å². The maximum atomic E-state index is 12.3. The van der Waals surface area contributed by atoms with Gasteiger partial charge in [0.05, 0.1) is 5.60 Å². The summed E-state index contributed by atoms with van der Waals surface area (Å²) in [4.78, 5) is 12.3. The van der Waals surface area contributed by atoms with Crippen molar-refractivity contribution in [2.24, 2.45) is 0 Å². The van der Waals surface area contributed by atoms with Gasteiger partial charge in [0, 0.05) is 0 Å². The van der Waals surface area contributed by atoms with Crippen molar-refractivity contribution in [1.29, 1.82) is 0 Å². The first-order chi connectivity index (χ1) is 8.71. The predicted molar refractivity (Wildman–Crippen MR) is 67.0 cm³/mol. The predicted octanol–water partition coefficient (Wildman–Crippen LogP) is 3.00. The molecule has 0 radical (unpaired) electrons. The van der Waals surface area contributed by atoms with Crippen molar-refractivity contribution in [3.05, 3.63) is 35.9 Å². The van der Waals surface area contributed by atoms with Crippen LogP contribution in [0.2, 0.25) is 0 Å². The number of esters is 1. The van der Waals surface area contributed by atoms with Gasteiger partial charge in [-0.05, 0) is 25.3 Å². The minimum absolute atomic E-state index is 0.137. The van der Waals surface area contributed by atoms with Crippen molar-refractivity contribution >= 4 is 5.97 Å². The Bertz CT molecular complexity index is 434. The number of hydrogen-bond acceptors (Lipinski definition) is 3. The third-order valence-corrected chi connectivity index (χ3v) is 4.03. The summed E-state index contributed by atoms with van der Waals surface area (Å²) >= 11 is 0. The third kappa shape index (κ3) is 1.83. The highest BCUT2D eigenvalue weighted by atomic mass is 16.7. The van der Waals surface area contributed by atoms with Crippen LogP contribution in [0.15, 0.2) is 30.3 Å². The quantitative estimate of drug-likeness (QED) is 0.714. The van der Waals surface area contributed by atoms with E-state index in [4.69, 9.17) is 9.47 Å². The second-order valence-electron chi connectivity index (χ2n) is 5.24. The molecule has 1 aromatic carbocycles. The lowest BCUT2D eigenvalue weighted by Crippen LogP contribution is -2.49. The van der Waals surface area contributed by atoms with Gasteiger partial charge in [-0.2, -0.15) is 0 Å². The third-order valence-electron chi connectivity index (χ3n) is 4.03. The zero-order valence-electron chi connectivity index (χ0n) is 10.6. The molecule has 1 heterocycles. The highest BCUT2D eigenvalue weighted by molar-refractivity contribution is 5.80. The Kier molecular flexibility index (Phi) is 2.86. The topological polar surface area (TPSA) is 35.5 Å². The number of carbonyl (C=O) groups excluding carboxylic acids is 1. The first-order valence-electron chi connectivity index (χ1n) is 6.64. The minimum atomic E-state index is -0.421. The van der Waals surface area contributed by atoms with Crippen LogP contribution in [0.25, 0.3) is 0 Å². The summed E-state index contributed by atoms with van der Waals surface area (Å²) in [6, 6.07) is 9.87. The monoisotopic (exact) mass is 246 g/mol. The van der Waals surface area contributed by atoms with Gasteiger partial charge in [-0.3, -0.25) is 4.79 Å². The summed E-state index contributed by atoms with van der Waals surface area (Å²) in [6.07, 6.45) is 3.74. The van der Waals surface area contributed by atoms with Gasteiger partial charge in [0.25, 0.3) is 0 Å². The number of hydrogen-bond donors (Lipinski definition) is 0. The molecule has 0 amide bonds. The van der Waals surface area contributed by atoms with Crippen LogP contribution in [0.1, 0.15) is 44.1 Å². The Labute approximate surface area is 107 Å². The van der Waals surface area contributed by atoms with Gasteiger partial charge < -0.3 is 9.47 Å². The van der Waals surface area contributed by atoms with E-state index < -0.39 is 6.29 Å². The molecule has 2 aliphatic rings. The van der Waals surface area contributed by atoms with Crippen molar-refractivity contribution in [2.45, 2.75) is 50.4 Å². The van der Waals surface area contributed by atoms with Crippen LogP contribution >= 0.6 is 0 Å². The summed E-state index contributed by atoms with van der Waals surface area (Å²) in [7, 11) is 0. The molecular weight excluding hydrogens is 228 g/mol. The van der Waals surface area contributed by atoms with E-state index in [1.807, 2.05) is 30.3 Å². The number of rotatable bonds is 1. The summed E-state index contributed by atoms with van der Waals surface area (Å²) < 4.78 is 11.3. The van der Waals surface area contributed by atoms with Gasteiger partial charge >= 0.3 is 5.97 Å². The van der Waals surface area contributed by atoms with E-state index in [0.717, 1.165) is 31.2 Å². The number of carbonyl (C=O) groups is 1. The fourth-order valence-electron chi connectivity index (χ4n) is 3.33. The van der Waals surface area contributed by atoms with Crippen LogP contribution < -0.4 is 0 Å². The number of cyclic esters (lactones) is 1. The van der Waals surface area contributed by atoms with Gasteiger partial charge in [-0.25, -0.2) is 0 Å². The fraction of sp³-hybridized carbons (Fsp3) is 0.533. The summed E-state index contributed by atoms with van der Waals surface area (Å²) in [5, 5.41) is 0. The average Bonchev–Trinajstić information content (AvgIpc) is 2.78. The van der Waals surface area contributed by atoms with Crippen molar-refractivity contribution < 1.29 is 14.3 Å². The molecule has 1 aliphatic heterocycles. The maximum absolute atomic E-state index is 12.3. The Morgan fingerprint density at radius 2 is 1.83 bits per heavy atom. The molecule has 2 fully saturated rings. The maximum Gasteiger partial charge on any atom is 0.318 e. The highest BCUT2D eigenvalue weighted by Crippen LogP contribution is 2.48. The molecule has 0 bridgehead atoms. The zero-order valence-corrected chi connectivity index (χ0v) is 10.6. The van der Waals surface area contributed by atoms with Crippen LogP contribution in [0, 0.1) is 0 Å². The molecule has 3 rings (SSSR count). The van der Waals surface area contributed by atoms with E-state index in [-0.39, 0.29) is 17.5 Å². The molecule has 18 heavy (non-hydrogen) atoms. The summed E-state index contributed by atoms with van der Waals surface area (Å²) in [6.45, 7) is 1.80. The van der Waals surface area contributed by atoms with E-state index in [0.29, 0.717) is 0 Å². The molecule has 1 aromatic rings. The average molecular weight is 246 g/mol. The molecule has 0 unspecified atom stereocenters. The van der Waals surface area contributed by atoms with Crippen LogP contribution in [0.5, 0.6) is 0 Å². The Morgan fingerprint density at radius 1 is 1.17 bits per heavy atom. The number of ether oxygens (including phenoxy) is 2. The van der Waals surface area contributed by atoms with Crippen LogP contribution in [-0.2, 0) is 14.3 Å². The van der Waals surface area contributed by atoms with Gasteiger partial charge in [0.2, 0.25) is 6.29 Å². The molecule has 3 heteroatoms. The molecule has 1 saturated carbocycles. The van der Waals surface area contributed by atoms with Crippen LogP contribution in [0.3, 0.4) is 0 Å². The largest absolute Gasteiger partial charge is 0.436 e. The smallest absolute Gasteiger partial charge is 0.318 e. The normalized spacial score (nSPS) is 30.4. The van der Waals surface area contributed by atoms with E-state index in [1.54, 1.807) is 6.92 Å². The van der Waals surface area contributed by atoms with E-state index in [1.165, 1.54) is 0 Å². The minimum Gasteiger partial charge on any atom is -0.436 e. The molecule has 1 spiro atoms. The standard InChI is InChI=1S/C15H18O3/c1-11-17-14(16)13(12-7-3-2-4-8-12)15(18-11)9-5-6-10-15/h2-4,7-8,11,13H,5-6,9-10H2,1H3/t11-,13-/m1/s1. The van der Waals surface area contributed by atoms with E-state index in [9.17, 15) is 4.79 Å². The molecule has 3 nitrogen and oxygen atoms in total. The van der Waals surface area contributed by atoms with Crippen molar-refractivity contribution in [3.63, 3.8) is 0 Å². The molecule has 1 aliphatic carbocycles.